The van der Waals surface area contributed by atoms with Crippen LogP contribution in [0.1, 0.15) is 29.8 Å². The number of fused-ring (bicyclic) bond motifs is 1. The Morgan fingerprint density at radius 1 is 1.29 bits per heavy atom. The highest BCUT2D eigenvalue weighted by atomic mass is 16.4. The zero-order chi connectivity index (χ0) is 15.6. The third kappa shape index (κ3) is 3.35. The molecule has 2 rings (SSSR count). The van der Waals surface area contributed by atoms with Crippen molar-refractivity contribution in [1.82, 2.24) is 10.3 Å². The number of aromatic nitrogens is 1. The average Bonchev–Trinajstić information content (AvgIpc) is 2.42. The first-order valence-corrected chi connectivity index (χ1v) is 6.40. The van der Waals surface area contributed by atoms with Crippen LogP contribution in [-0.2, 0) is 10.4 Å². The molecule has 0 radical (unpaired) electrons. The van der Waals surface area contributed by atoms with Gasteiger partial charge in [-0.2, -0.15) is 0 Å². The molecule has 6 heteroatoms. The molecule has 1 heterocycles. The summed E-state index contributed by atoms with van der Waals surface area (Å²) in [5, 5.41) is 21.5. The molecule has 1 aromatic heterocycles. The maximum atomic E-state index is 12.0. The molecule has 0 saturated carbocycles. The van der Waals surface area contributed by atoms with E-state index >= 15 is 0 Å². The fourth-order valence-electron chi connectivity index (χ4n) is 1.98. The molecule has 0 saturated heterocycles. The summed E-state index contributed by atoms with van der Waals surface area (Å²) in [4.78, 5) is 26.7. The van der Waals surface area contributed by atoms with Gasteiger partial charge in [-0.1, -0.05) is 12.1 Å². The Bertz CT molecular complexity index is 704. The first-order chi connectivity index (χ1) is 9.79. The first-order valence-electron chi connectivity index (χ1n) is 6.40. The van der Waals surface area contributed by atoms with Gasteiger partial charge in [0.25, 0.3) is 5.91 Å². The molecular formula is C15H16N2O4. The van der Waals surface area contributed by atoms with Gasteiger partial charge in [0.1, 0.15) is 6.54 Å². The second-order valence-corrected chi connectivity index (χ2v) is 5.23. The van der Waals surface area contributed by atoms with E-state index in [1.165, 1.54) is 12.3 Å². The van der Waals surface area contributed by atoms with Gasteiger partial charge >= 0.3 is 5.97 Å². The minimum atomic E-state index is -1.11. The van der Waals surface area contributed by atoms with Crippen LogP contribution in [0, 0.1) is 0 Å². The number of carboxylic acid groups (broad SMARTS) is 1. The van der Waals surface area contributed by atoms with Crippen LogP contribution in [0.3, 0.4) is 0 Å². The van der Waals surface area contributed by atoms with Gasteiger partial charge in [-0.25, -0.2) is 0 Å². The van der Waals surface area contributed by atoms with Crippen LogP contribution in [0.4, 0.5) is 0 Å². The van der Waals surface area contributed by atoms with Crippen LogP contribution >= 0.6 is 0 Å². The summed E-state index contributed by atoms with van der Waals surface area (Å²) in [7, 11) is 0. The lowest BCUT2D eigenvalue weighted by Gasteiger charge is -2.18. The number of hydrogen-bond acceptors (Lipinski definition) is 4. The van der Waals surface area contributed by atoms with Crippen LogP contribution in [0.2, 0.25) is 0 Å². The lowest BCUT2D eigenvalue weighted by molar-refractivity contribution is -0.135. The summed E-state index contributed by atoms with van der Waals surface area (Å²) in [5.41, 5.74) is 0.601. The molecule has 0 atom stereocenters. The van der Waals surface area contributed by atoms with Crippen LogP contribution in [0.15, 0.2) is 30.5 Å². The molecule has 0 spiro atoms. The molecule has 2 aromatic rings. The highest BCUT2D eigenvalue weighted by Crippen LogP contribution is 2.25. The molecule has 110 valence electrons. The second-order valence-electron chi connectivity index (χ2n) is 5.23. The van der Waals surface area contributed by atoms with Crippen LogP contribution in [0.25, 0.3) is 10.9 Å². The van der Waals surface area contributed by atoms with Gasteiger partial charge in [0.05, 0.1) is 16.7 Å². The topological polar surface area (TPSA) is 99.5 Å². The number of rotatable bonds is 4. The van der Waals surface area contributed by atoms with E-state index in [9.17, 15) is 14.7 Å². The number of benzene rings is 1. The van der Waals surface area contributed by atoms with E-state index in [2.05, 4.69) is 10.3 Å². The van der Waals surface area contributed by atoms with Gasteiger partial charge in [0.15, 0.2) is 0 Å². The quantitative estimate of drug-likeness (QED) is 0.787. The highest BCUT2D eigenvalue weighted by Gasteiger charge is 2.18. The highest BCUT2D eigenvalue weighted by molar-refractivity contribution is 6.06. The summed E-state index contributed by atoms with van der Waals surface area (Å²) in [6, 6.07) is 6.66. The van der Waals surface area contributed by atoms with Crippen molar-refractivity contribution in [1.29, 1.82) is 0 Å². The number of aliphatic hydroxyl groups is 1. The summed E-state index contributed by atoms with van der Waals surface area (Å²) in [6.07, 6.45) is 1.48. The second kappa shape index (κ2) is 5.49. The fourth-order valence-corrected chi connectivity index (χ4v) is 1.98. The van der Waals surface area contributed by atoms with Gasteiger partial charge in [-0.15, -0.1) is 0 Å². The van der Waals surface area contributed by atoms with E-state index in [0.717, 1.165) is 0 Å². The van der Waals surface area contributed by atoms with Crippen molar-refractivity contribution in [3.63, 3.8) is 0 Å². The van der Waals surface area contributed by atoms with E-state index < -0.39 is 24.0 Å². The molecule has 0 unspecified atom stereocenters. The summed E-state index contributed by atoms with van der Waals surface area (Å²) < 4.78 is 0. The van der Waals surface area contributed by atoms with Gasteiger partial charge < -0.3 is 15.5 Å². The lowest BCUT2D eigenvalue weighted by atomic mass is 9.96. The minimum absolute atomic E-state index is 0.351. The van der Waals surface area contributed by atoms with Gasteiger partial charge in [0, 0.05) is 11.6 Å². The summed E-state index contributed by atoms with van der Waals surface area (Å²) >= 11 is 0. The normalized spacial score (nSPS) is 11.4. The van der Waals surface area contributed by atoms with Crippen molar-refractivity contribution >= 4 is 22.8 Å². The first kappa shape index (κ1) is 14.9. The van der Waals surface area contributed by atoms with Gasteiger partial charge in [0.2, 0.25) is 0 Å². The van der Waals surface area contributed by atoms with Crippen molar-refractivity contribution in [2.24, 2.45) is 0 Å². The zero-order valence-electron chi connectivity index (χ0n) is 11.8. The van der Waals surface area contributed by atoms with E-state index in [-0.39, 0.29) is 0 Å². The van der Waals surface area contributed by atoms with Crippen LogP contribution in [-0.4, -0.2) is 33.6 Å². The Kier molecular flexibility index (Phi) is 3.90. The molecule has 21 heavy (non-hydrogen) atoms. The number of hydrogen-bond donors (Lipinski definition) is 3. The number of carbonyl (C=O) groups excluding carboxylic acids is 1. The molecule has 6 nitrogen and oxygen atoms in total. The van der Waals surface area contributed by atoms with Gasteiger partial charge in [-0.05, 0) is 31.5 Å². The van der Waals surface area contributed by atoms with Crippen LogP contribution < -0.4 is 5.32 Å². The number of aliphatic carboxylic acids is 1. The predicted octanol–water partition coefficient (Wildman–Crippen LogP) is 1.28. The standard InChI is InChI=1S/C15H16N2O4/c1-15(2,21)9-3-4-10-11(5-6-16-12(10)7-9)14(20)17-8-13(18)19/h3-7,21H,8H2,1-2H3,(H,17,20)(H,18,19). The monoisotopic (exact) mass is 288 g/mol. The molecule has 0 aliphatic heterocycles. The maximum absolute atomic E-state index is 12.0. The average molecular weight is 288 g/mol. The van der Waals surface area contributed by atoms with Crippen LogP contribution in [0.5, 0.6) is 0 Å². The number of nitrogens with one attached hydrogen (secondary N) is 1. The molecule has 0 bridgehead atoms. The Morgan fingerprint density at radius 3 is 2.62 bits per heavy atom. The Hall–Kier alpha value is -2.47. The van der Waals surface area contributed by atoms with E-state index in [4.69, 9.17) is 5.11 Å². The van der Waals surface area contributed by atoms with E-state index in [1.807, 2.05) is 0 Å². The SMILES string of the molecule is CC(C)(O)c1ccc2c(C(=O)NCC(=O)O)ccnc2c1. The van der Waals surface area contributed by atoms with E-state index in [1.54, 1.807) is 32.0 Å². The number of carbonyl (C=O) groups is 2. The molecule has 1 aromatic carbocycles. The third-order valence-corrected chi connectivity index (χ3v) is 3.09. The Morgan fingerprint density at radius 2 is 2.00 bits per heavy atom. The fraction of sp³-hybridized carbons (Fsp3) is 0.267. The number of amides is 1. The number of carboxylic acids is 1. The summed E-state index contributed by atoms with van der Waals surface area (Å²) in [5.74, 6) is -1.58. The zero-order valence-corrected chi connectivity index (χ0v) is 11.8. The third-order valence-electron chi connectivity index (χ3n) is 3.09. The predicted molar refractivity (Wildman–Crippen MR) is 77.0 cm³/mol. The largest absolute Gasteiger partial charge is 0.480 e. The minimum Gasteiger partial charge on any atom is -0.480 e. The number of nitrogens with zero attached hydrogens (tertiary/aromatic N) is 1. The Labute approximate surface area is 121 Å². The molecule has 0 aliphatic rings. The Balaban J connectivity index is 2.42. The lowest BCUT2D eigenvalue weighted by Crippen LogP contribution is -2.29. The smallest absolute Gasteiger partial charge is 0.322 e. The maximum Gasteiger partial charge on any atom is 0.322 e. The van der Waals surface area contributed by atoms with E-state index in [0.29, 0.717) is 22.0 Å². The molecule has 1 amide bonds. The molecule has 3 N–H and O–H groups in total. The van der Waals surface area contributed by atoms with Crippen molar-refractivity contribution in [3.8, 4) is 0 Å². The van der Waals surface area contributed by atoms with Crippen molar-refractivity contribution in [3.05, 3.63) is 41.6 Å². The number of pyridine rings is 1. The molecular weight excluding hydrogens is 272 g/mol. The molecule has 0 aliphatic carbocycles. The van der Waals surface area contributed by atoms with Crippen molar-refractivity contribution < 1.29 is 19.8 Å². The van der Waals surface area contributed by atoms with Crippen molar-refractivity contribution in [2.45, 2.75) is 19.4 Å². The summed E-state index contributed by atoms with van der Waals surface area (Å²) in [6.45, 7) is 2.89. The molecule has 0 fully saturated rings. The van der Waals surface area contributed by atoms with Gasteiger partial charge in [-0.3, -0.25) is 14.6 Å². The van der Waals surface area contributed by atoms with Crippen molar-refractivity contribution in [2.75, 3.05) is 6.54 Å².